The Hall–Kier alpha value is -3.07. The highest BCUT2D eigenvalue weighted by molar-refractivity contribution is 6.30. The molecular weight excluding hydrogens is 433 g/mol. The molecule has 0 saturated heterocycles. The number of aromatic nitrogens is 3. The molecule has 1 aromatic carbocycles. The van der Waals surface area contributed by atoms with Crippen LogP contribution in [0.1, 0.15) is 28.0 Å². The fourth-order valence-electron chi connectivity index (χ4n) is 2.89. The van der Waals surface area contributed by atoms with Gasteiger partial charge in [0.05, 0.1) is 29.6 Å². The van der Waals surface area contributed by atoms with Crippen LogP contribution in [0.5, 0.6) is 5.75 Å². The second-order valence-electron chi connectivity index (χ2n) is 6.84. The van der Waals surface area contributed by atoms with Gasteiger partial charge in [0.25, 0.3) is 5.91 Å². The molecule has 0 spiro atoms. The van der Waals surface area contributed by atoms with E-state index in [1.807, 2.05) is 0 Å². The molecule has 1 amide bonds. The molecule has 2 heterocycles. The molecule has 0 fully saturated rings. The van der Waals surface area contributed by atoms with Crippen LogP contribution in [0, 0.1) is 6.92 Å². The highest BCUT2D eigenvalue weighted by atomic mass is 35.5. The summed E-state index contributed by atoms with van der Waals surface area (Å²) < 4.78 is 45.1. The first-order valence-electron chi connectivity index (χ1n) is 9.39. The lowest BCUT2D eigenvalue weighted by Crippen LogP contribution is -2.29. The van der Waals surface area contributed by atoms with E-state index in [-0.39, 0.29) is 11.7 Å². The zero-order valence-electron chi connectivity index (χ0n) is 16.9. The summed E-state index contributed by atoms with van der Waals surface area (Å²) in [5.74, 6) is 0.600. The van der Waals surface area contributed by atoms with Crippen molar-refractivity contribution in [3.8, 4) is 11.6 Å². The Balaban J connectivity index is 1.59. The monoisotopic (exact) mass is 452 g/mol. The molecule has 3 aromatic rings. The van der Waals surface area contributed by atoms with Gasteiger partial charge >= 0.3 is 6.18 Å². The van der Waals surface area contributed by atoms with E-state index < -0.39 is 11.7 Å². The maximum Gasteiger partial charge on any atom is 0.417 e. The maximum atomic E-state index is 12.7. The van der Waals surface area contributed by atoms with Gasteiger partial charge in [0.15, 0.2) is 5.82 Å². The number of ether oxygens (including phenoxy) is 1. The molecule has 0 unspecified atom stereocenters. The number of pyridine rings is 1. The van der Waals surface area contributed by atoms with Crippen LogP contribution in [0.15, 0.2) is 48.8 Å². The van der Waals surface area contributed by atoms with E-state index in [1.54, 1.807) is 38.2 Å². The van der Waals surface area contributed by atoms with Crippen molar-refractivity contribution in [1.82, 2.24) is 19.7 Å². The van der Waals surface area contributed by atoms with Gasteiger partial charge in [-0.25, -0.2) is 9.67 Å². The molecule has 0 saturated carbocycles. The van der Waals surface area contributed by atoms with Crippen LogP contribution < -0.4 is 4.74 Å². The molecule has 0 radical (unpaired) electrons. The van der Waals surface area contributed by atoms with E-state index in [1.165, 1.54) is 21.8 Å². The van der Waals surface area contributed by atoms with Gasteiger partial charge in [-0.15, -0.1) is 0 Å². The number of carbonyl (C=O) groups is 1. The summed E-state index contributed by atoms with van der Waals surface area (Å²) in [5, 5.41) is 4.70. The first kappa shape index (κ1) is 22.6. The van der Waals surface area contributed by atoms with E-state index in [4.69, 9.17) is 16.3 Å². The number of hydrogen-bond donors (Lipinski definition) is 0. The number of amides is 1. The van der Waals surface area contributed by atoms with Crippen LogP contribution in [0.4, 0.5) is 13.2 Å². The molecule has 0 bridgehead atoms. The molecule has 0 aliphatic heterocycles. The summed E-state index contributed by atoms with van der Waals surface area (Å²) >= 11 is 5.91. The average Bonchev–Trinajstić information content (AvgIpc) is 3.11. The second-order valence-corrected chi connectivity index (χ2v) is 7.28. The number of nitrogens with zero attached hydrogens (tertiary/aromatic N) is 4. The van der Waals surface area contributed by atoms with Crippen LogP contribution in [0.25, 0.3) is 5.82 Å². The number of halogens is 4. The van der Waals surface area contributed by atoms with Crippen molar-refractivity contribution in [3.05, 3.63) is 70.6 Å². The van der Waals surface area contributed by atoms with Gasteiger partial charge in [-0.05, 0) is 43.7 Å². The second kappa shape index (κ2) is 9.38. The van der Waals surface area contributed by atoms with E-state index in [0.717, 1.165) is 12.3 Å². The summed E-state index contributed by atoms with van der Waals surface area (Å²) in [7, 11) is 1.66. The number of carbonyl (C=O) groups excluding carboxylic acids is 1. The number of benzene rings is 1. The van der Waals surface area contributed by atoms with Crippen molar-refractivity contribution in [2.45, 2.75) is 19.5 Å². The van der Waals surface area contributed by atoms with Crippen molar-refractivity contribution in [3.63, 3.8) is 0 Å². The third kappa shape index (κ3) is 5.55. The van der Waals surface area contributed by atoms with Crippen LogP contribution in [0.2, 0.25) is 5.02 Å². The highest BCUT2D eigenvalue weighted by Crippen LogP contribution is 2.29. The fraction of sp³-hybridized carbons (Fsp3) is 0.286. The summed E-state index contributed by atoms with van der Waals surface area (Å²) in [6.45, 7) is 2.52. The molecule has 31 heavy (non-hydrogen) atoms. The molecule has 0 N–H and O–H groups in total. The Bertz CT molecular complexity index is 1050. The van der Waals surface area contributed by atoms with Gasteiger partial charge in [-0.3, -0.25) is 4.79 Å². The van der Waals surface area contributed by atoms with Gasteiger partial charge in [0.2, 0.25) is 0 Å². The zero-order valence-corrected chi connectivity index (χ0v) is 17.6. The van der Waals surface area contributed by atoms with Crippen molar-refractivity contribution in [1.29, 1.82) is 0 Å². The van der Waals surface area contributed by atoms with E-state index in [0.29, 0.717) is 41.6 Å². The third-order valence-electron chi connectivity index (χ3n) is 4.58. The fourth-order valence-corrected chi connectivity index (χ4v) is 3.07. The molecule has 2 aromatic heterocycles. The van der Waals surface area contributed by atoms with Crippen molar-refractivity contribution >= 4 is 17.5 Å². The molecule has 164 valence electrons. The van der Waals surface area contributed by atoms with Crippen LogP contribution in [-0.4, -0.2) is 45.8 Å². The van der Waals surface area contributed by atoms with Gasteiger partial charge in [-0.1, -0.05) is 17.7 Å². The maximum absolute atomic E-state index is 12.7. The predicted octanol–water partition coefficient (Wildman–Crippen LogP) is 4.79. The van der Waals surface area contributed by atoms with Crippen molar-refractivity contribution in [2.24, 2.45) is 0 Å². The lowest BCUT2D eigenvalue weighted by atomic mass is 10.2. The smallest absolute Gasteiger partial charge is 0.417 e. The topological polar surface area (TPSA) is 60.3 Å². The Morgan fingerprint density at radius 2 is 2.00 bits per heavy atom. The lowest BCUT2D eigenvalue weighted by molar-refractivity contribution is -0.137. The lowest BCUT2D eigenvalue weighted by Gasteiger charge is -2.17. The van der Waals surface area contributed by atoms with Crippen LogP contribution in [-0.2, 0) is 6.18 Å². The largest absolute Gasteiger partial charge is 0.493 e. The van der Waals surface area contributed by atoms with Gasteiger partial charge in [-0.2, -0.15) is 18.3 Å². The van der Waals surface area contributed by atoms with Gasteiger partial charge in [0.1, 0.15) is 5.75 Å². The minimum absolute atomic E-state index is 0.196. The Morgan fingerprint density at radius 3 is 2.65 bits per heavy atom. The third-order valence-corrected chi connectivity index (χ3v) is 4.82. The minimum Gasteiger partial charge on any atom is -0.493 e. The van der Waals surface area contributed by atoms with Crippen molar-refractivity contribution in [2.75, 3.05) is 20.2 Å². The first-order valence-corrected chi connectivity index (χ1v) is 9.76. The normalized spacial score (nSPS) is 11.4. The summed E-state index contributed by atoms with van der Waals surface area (Å²) in [6.07, 6.45) is -1.74. The average molecular weight is 453 g/mol. The zero-order chi connectivity index (χ0) is 22.6. The van der Waals surface area contributed by atoms with E-state index in [9.17, 15) is 18.0 Å². The molecule has 10 heteroatoms. The first-order chi connectivity index (χ1) is 14.7. The number of hydrogen-bond acceptors (Lipinski definition) is 4. The highest BCUT2D eigenvalue weighted by Gasteiger charge is 2.31. The summed E-state index contributed by atoms with van der Waals surface area (Å²) in [4.78, 5) is 18.1. The Labute approximate surface area is 182 Å². The van der Waals surface area contributed by atoms with E-state index in [2.05, 4.69) is 10.1 Å². The molecule has 0 atom stereocenters. The van der Waals surface area contributed by atoms with Crippen molar-refractivity contribution < 1.29 is 22.7 Å². The van der Waals surface area contributed by atoms with Gasteiger partial charge < -0.3 is 9.64 Å². The van der Waals surface area contributed by atoms with Crippen LogP contribution in [0.3, 0.4) is 0 Å². The molecule has 6 nitrogen and oxygen atoms in total. The number of alkyl halides is 3. The van der Waals surface area contributed by atoms with Gasteiger partial charge in [0, 0.05) is 24.8 Å². The molecule has 0 aliphatic rings. The summed E-state index contributed by atoms with van der Waals surface area (Å²) in [5.41, 5.74) is -0.0173. The molecule has 0 aliphatic carbocycles. The standard InChI is InChI=1S/C21H20ClF3N4O2/c1-14-18(13-27-29(14)19-8-7-15(12-26-19)21(23,24)25)20(30)28(2)9-4-10-31-17-6-3-5-16(22)11-17/h3,5-8,11-13H,4,9-10H2,1-2H3. The molecule has 3 rings (SSSR count). The Kier molecular flexibility index (Phi) is 6.84. The van der Waals surface area contributed by atoms with E-state index >= 15 is 0 Å². The number of rotatable bonds is 7. The predicted molar refractivity (Wildman–Crippen MR) is 110 cm³/mol. The van der Waals surface area contributed by atoms with Crippen LogP contribution >= 0.6 is 11.6 Å². The summed E-state index contributed by atoms with van der Waals surface area (Å²) in [6, 6.07) is 9.20. The SMILES string of the molecule is Cc1c(C(=O)N(C)CCCOc2cccc(Cl)c2)cnn1-c1ccc(C(F)(F)F)cn1. The Morgan fingerprint density at radius 1 is 1.23 bits per heavy atom. The quantitative estimate of drug-likeness (QED) is 0.484. The molecular formula is C21H20ClF3N4O2. The minimum atomic E-state index is -4.47.